The van der Waals surface area contributed by atoms with Crippen LogP contribution < -0.4 is 9.47 Å². The van der Waals surface area contributed by atoms with Gasteiger partial charge in [0.1, 0.15) is 0 Å². The van der Waals surface area contributed by atoms with Gasteiger partial charge in [0, 0.05) is 39.6 Å². The second kappa shape index (κ2) is 8.17. The van der Waals surface area contributed by atoms with Crippen LogP contribution in [0.25, 0.3) is 0 Å². The van der Waals surface area contributed by atoms with Crippen molar-refractivity contribution in [3.05, 3.63) is 23.8 Å². The molecule has 1 aliphatic rings. The van der Waals surface area contributed by atoms with E-state index in [2.05, 4.69) is 4.90 Å². The minimum atomic E-state index is -0.541. The first-order chi connectivity index (χ1) is 11.0. The standard InChI is InChI=1S/C17H26N2O4/c1-13(20)19-10-8-18(9-11-19)7-6-15(21)14-4-5-16(22-2)17(12-14)23-3/h4-5,12,15,21H,6-11H2,1-3H3. The second-order valence-corrected chi connectivity index (χ2v) is 5.77. The van der Waals surface area contributed by atoms with E-state index in [0.29, 0.717) is 17.9 Å². The van der Waals surface area contributed by atoms with E-state index in [9.17, 15) is 9.90 Å². The Balaban J connectivity index is 1.85. The number of rotatable bonds is 6. The van der Waals surface area contributed by atoms with E-state index in [4.69, 9.17) is 9.47 Å². The first-order valence-corrected chi connectivity index (χ1v) is 7.93. The number of methoxy groups -OCH3 is 2. The SMILES string of the molecule is COc1ccc(C(O)CCN2CCN(C(C)=O)CC2)cc1OC. The number of carbonyl (C=O) groups is 1. The molecule has 1 aromatic rings. The summed E-state index contributed by atoms with van der Waals surface area (Å²) in [6.45, 7) is 5.66. The van der Waals surface area contributed by atoms with Crippen molar-refractivity contribution in [2.24, 2.45) is 0 Å². The lowest BCUT2D eigenvalue weighted by Gasteiger charge is -2.34. The van der Waals surface area contributed by atoms with Gasteiger partial charge < -0.3 is 19.5 Å². The highest BCUT2D eigenvalue weighted by molar-refractivity contribution is 5.73. The number of piperazine rings is 1. The molecular formula is C17H26N2O4. The van der Waals surface area contributed by atoms with Crippen LogP contribution in [0.5, 0.6) is 11.5 Å². The second-order valence-electron chi connectivity index (χ2n) is 5.77. The zero-order valence-electron chi connectivity index (χ0n) is 14.1. The molecule has 0 radical (unpaired) electrons. The van der Waals surface area contributed by atoms with E-state index in [1.54, 1.807) is 21.1 Å². The van der Waals surface area contributed by atoms with Crippen LogP contribution in [0, 0.1) is 0 Å². The van der Waals surface area contributed by atoms with Gasteiger partial charge in [-0.2, -0.15) is 0 Å². The Morgan fingerprint density at radius 1 is 1.17 bits per heavy atom. The van der Waals surface area contributed by atoms with Gasteiger partial charge in [0.15, 0.2) is 11.5 Å². The summed E-state index contributed by atoms with van der Waals surface area (Å²) in [6.07, 6.45) is 0.107. The molecule has 1 fully saturated rings. The van der Waals surface area contributed by atoms with E-state index in [1.807, 2.05) is 23.1 Å². The Labute approximate surface area is 137 Å². The van der Waals surface area contributed by atoms with Gasteiger partial charge in [-0.25, -0.2) is 0 Å². The molecule has 1 saturated heterocycles. The minimum Gasteiger partial charge on any atom is -0.493 e. The Hall–Kier alpha value is -1.79. The van der Waals surface area contributed by atoms with E-state index in [0.717, 1.165) is 38.3 Å². The number of hydrogen-bond acceptors (Lipinski definition) is 5. The summed E-state index contributed by atoms with van der Waals surface area (Å²) < 4.78 is 10.5. The molecule has 1 heterocycles. The normalized spacial score (nSPS) is 17.0. The molecule has 0 saturated carbocycles. The summed E-state index contributed by atoms with van der Waals surface area (Å²) >= 11 is 0. The van der Waals surface area contributed by atoms with Crippen molar-refractivity contribution in [2.45, 2.75) is 19.4 Å². The molecule has 1 amide bonds. The van der Waals surface area contributed by atoms with Gasteiger partial charge in [0.2, 0.25) is 5.91 Å². The third-order valence-corrected chi connectivity index (χ3v) is 4.33. The lowest BCUT2D eigenvalue weighted by atomic mass is 10.1. The van der Waals surface area contributed by atoms with Gasteiger partial charge in [-0.3, -0.25) is 9.69 Å². The topological polar surface area (TPSA) is 62.2 Å². The average molecular weight is 322 g/mol. The van der Waals surface area contributed by atoms with E-state index in [1.165, 1.54) is 0 Å². The van der Waals surface area contributed by atoms with Crippen molar-refractivity contribution < 1.29 is 19.4 Å². The summed E-state index contributed by atoms with van der Waals surface area (Å²) in [5, 5.41) is 10.4. The highest BCUT2D eigenvalue weighted by atomic mass is 16.5. The van der Waals surface area contributed by atoms with Crippen molar-refractivity contribution in [3.8, 4) is 11.5 Å². The molecule has 1 aliphatic heterocycles. The van der Waals surface area contributed by atoms with Crippen LogP contribution >= 0.6 is 0 Å². The molecule has 0 spiro atoms. The van der Waals surface area contributed by atoms with E-state index >= 15 is 0 Å². The molecule has 23 heavy (non-hydrogen) atoms. The lowest BCUT2D eigenvalue weighted by molar-refractivity contribution is -0.130. The number of carbonyl (C=O) groups excluding carboxylic acids is 1. The Kier molecular flexibility index (Phi) is 6.24. The molecular weight excluding hydrogens is 296 g/mol. The average Bonchev–Trinajstić information content (AvgIpc) is 2.59. The molecule has 6 heteroatoms. The van der Waals surface area contributed by atoms with Gasteiger partial charge in [0.05, 0.1) is 20.3 Å². The Morgan fingerprint density at radius 2 is 1.83 bits per heavy atom. The van der Waals surface area contributed by atoms with Crippen LogP contribution in [-0.4, -0.2) is 67.8 Å². The van der Waals surface area contributed by atoms with Crippen molar-refractivity contribution in [2.75, 3.05) is 46.9 Å². The fourth-order valence-corrected chi connectivity index (χ4v) is 2.82. The first kappa shape index (κ1) is 17.6. The van der Waals surface area contributed by atoms with Crippen molar-refractivity contribution in [1.29, 1.82) is 0 Å². The van der Waals surface area contributed by atoms with Gasteiger partial charge in [-0.15, -0.1) is 0 Å². The number of hydrogen-bond donors (Lipinski definition) is 1. The Morgan fingerprint density at radius 3 is 2.39 bits per heavy atom. The largest absolute Gasteiger partial charge is 0.493 e. The number of amides is 1. The predicted octanol–water partition coefficient (Wildman–Crippen LogP) is 1.29. The summed E-state index contributed by atoms with van der Waals surface area (Å²) in [6, 6.07) is 5.49. The molecule has 1 atom stereocenters. The number of aliphatic hydroxyl groups is 1. The van der Waals surface area contributed by atoms with Crippen molar-refractivity contribution in [1.82, 2.24) is 9.80 Å². The molecule has 2 rings (SSSR count). The molecule has 0 aromatic heterocycles. The van der Waals surface area contributed by atoms with Crippen LogP contribution in [0.15, 0.2) is 18.2 Å². The van der Waals surface area contributed by atoms with Gasteiger partial charge in [-0.1, -0.05) is 6.07 Å². The zero-order valence-corrected chi connectivity index (χ0v) is 14.1. The third kappa shape index (κ3) is 4.59. The number of aliphatic hydroxyl groups excluding tert-OH is 1. The molecule has 1 aromatic carbocycles. The maximum atomic E-state index is 11.3. The summed E-state index contributed by atoms with van der Waals surface area (Å²) in [7, 11) is 3.18. The molecule has 128 valence electrons. The van der Waals surface area contributed by atoms with Crippen molar-refractivity contribution in [3.63, 3.8) is 0 Å². The molecule has 0 aliphatic carbocycles. The van der Waals surface area contributed by atoms with Crippen LogP contribution in [0.3, 0.4) is 0 Å². The van der Waals surface area contributed by atoms with Gasteiger partial charge in [0.25, 0.3) is 0 Å². The number of nitrogens with zero attached hydrogens (tertiary/aromatic N) is 2. The highest BCUT2D eigenvalue weighted by Gasteiger charge is 2.19. The predicted molar refractivity (Wildman–Crippen MR) is 87.8 cm³/mol. The van der Waals surface area contributed by atoms with Gasteiger partial charge >= 0.3 is 0 Å². The minimum absolute atomic E-state index is 0.134. The smallest absolute Gasteiger partial charge is 0.219 e. The fraction of sp³-hybridized carbons (Fsp3) is 0.588. The zero-order chi connectivity index (χ0) is 16.8. The summed E-state index contributed by atoms with van der Waals surface area (Å²) in [5.74, 6) is 1.41. The molecule has 1 unspecified atom stereocenters. The lowest BCUT2D eigenvalue weighted by Crippen LogP contribution is -2.48. The van der Waals surface area contributed by atoms with Crippen LogP contribution in [0.1, 0.15) is 25.0 Å². The fourth-order valence-electron chi connectivity index (χ4n) is 2.82. The highest BCUT2D eigenvalue weighted by Crippen LogP contribution is 2.30. The summed E-state index contributed by atoms with van der Waals surface area (Å²) in [5.41, 5.74) is 0.824. The number of ether oxygens (including phenoxy) is 2. The van der Waals surface area contributed by atoms with Crippen LogP contribution in [0.4, 0.5) is 0 Å². The third-order valence-electron chi connectivity index (χ3n) is 4.33. The van der Waals surface area contributed by atoms with Gasteiger partial charge in [-0.05, 0) is 24.1 Å². The molecule has 0 bridgehead atoms. The molecule has 6 nitrogen and oxygen atoms in total. The van der Waals surface area contributed by atoms with E-state index in [-0.39, 0.29) is 5.91 Å². The maximum Gasteiger partial charge on any atom is 0.219 e. The van der Waals surface area contributed by atoms with Crippen LogP contribution in [-0.2, 0) is 4.79 Å². The first-order valence-electron chi connectivity index (χ1n) is 7.93. The molecule has 1 N–H and O–H groups in total. The monoisotopic (exact) mass is 322 g/mol. The van der Waals surface area contributed by atoms with Crippen molar-refractivity contribution >= 4 is 5.91 Å². The van der Waals surface area contributed by atoms with Crippen LogP contribution in [0.2, 0.25) is 0 Å². The maximum absolute atomic E-state index is 11.3. The summed E-state index contributed by atoms with van der Waals surface area (Å²) in [4.78, 5) is 15.5. The van der Waals surface area contributed by atoms with E-state index < -0.39 is 6.10 Å². The Bertz CT molecular complexity index is 527. The number of benzene rings is 1. The quantitative estimate of drug-likeness (QED) is 0.855.